The quantitative estimate of drug-likeness (QED) is 0.343. The lowest BCUT2D eigenvalue weighted by atomic mass is 9.90. The maximum atomic E-state index is 11.9. The molecule has 0 saturated carbocycles. The minimum atomic E-state index is -0.330. The minimum Gasteiger partial charge on any atom is -0.468 e. The van der Waals surface area contributed by atoms with Crippen molar-refractivity contribution in [3.8, 4) is 0 Å². The van der Waals surface area contributed by atoms with Crippen LogP contribution in [-0.4, -0.2) is 59.6 Å². The Labute approximate surface area is 183 Å². The molecule has 0 bridgehead atoms. The zero-order chi connectivity index (χ0) is 20.7. The number of nitrogens with zero attached hydrogens (tertiary/aromatic N) is 4. The van der Waals surface area contributed by atoms with Crippen LogP contribution >= 0.6 is 23.1 Å². The van der Waals surface area contributed by atoms with Crippen LogP contribution < -0.4 is 4.90 Å². The van der Waals surface area contributed by atoms with Crippen molar-refractivity contribution in [2.45, 2.75) is 42.9 Å². The Morgan fingerprint density at radius 2 is 2.00 bits per heavy atom. The zero-order valence-corrected chi connectivity index (χ0v) is 18.8. The van der Waals surface area contributed by atoms with E-state index in [2.05, 4.69) is 14.9 Å². The second kappa shape index (κ2) is 8.28. The van der Waals surface area contributed by atoms with Gasteiger partial charge in [-0.05, 0) is 43.7 Å². The Morgan fingerprint density at radius 3 is 2.77 bits per heavy atom. The molecule has 0 amide bonds. The Balaban J connectivity index is 1.67. The number of aromatic nitrogens is 3. The molecule has 3 aromatic rings. The van der Waals surface area contributed by atoms with E-state index in [1.165, 1.54) is 48.2 Å². The van der Waals surface area contributed by atoms with E-state index >= 15 is 0 Å². The monoisotopic (exact) mass is 444 g/mol. The summed E-state index contributed by atoms with van der Waals surface area (Å²) < 4.78 is 11.4. The van der Waals surface area contributed by atoms with E-state index in [1.54, 1.807) is 17.7 Å². The number of pyridine rings is 1. The third kappa shape index (κ3) is 3.42. The van der Waals surface area contributed by atoms with Crippen LogP contribution in [0.2, 0.25) is 0 Å². The Bertz CT molecular complexity index is 1110. The number of carbonyl (C=O) groups excluding carboxylic acids is 1. The summed E-state index contributed by atoms with van der Waals surface area (Å²) in [4.78, 5) is 29.6. The third-order valence-electron chi connectivity index (χ3n) is 5.80. The lowest BCUT2D eigenvalue weighted by molar-refractivity contribution is -0.139. The number of ether oxygens (including phenoxy) is 2. The van der Waals surface area contributed by atoms with Gasteiger partial charge in [-0.25, -0.2) is 15.0 Å². The standard InChI is InChI=1S/C21H24N4O3S2/c1-12(21(26)27-2)29-20-17-16(22-11-23-20)15-13-5-3-4-6-14(13)18(24-19(15)30-17)25-7-9-28-10-8-25/h11-12H,3-10H2,1-2H3/t12-/m1/s1. The summed E-state index contributed by atoms with van der Waals surface area (Å²) in [5.74, 6) is 0.870. The van der Waals surface area contributed by atoms with Gasteiger partial charge in [-0.15, -0.1) is 11.3 Å². The van der Waals surface area contributed by atoms with Crippen molar-refractivity contribution in [3.63, 3.8) is 0 Å². The molecule has 1 aliphatic heterocycles. The van der Waals surface area contributed by atoms with Crippen LogP contribution in [0.5, 0.6) is 0 Å². The first-order valence-corrected chi connectivity index (χ1v) is 12.0. The van der Waals surface area contributed by atoms with Gasteiger partial charge < -0.3 is 14.4 Å². The summed E-state index contributed by atoms with van der Waals surface area (Å²) in [6.07, 6.45) is 6.12. The molecule has 30 heavy (non-hydrogen) atoms. The number of morpholine rings is 1. The Morgan fingerprint density at radius 1 is 1.23 bits per heavy atom. The molecule has 1 aliphatic carbocycles. The lowest BCUT2D eigenvalue weighted by Gasteiger charge is -2.31. The van der Waals surface area contributed by atoms with Crippen molar-refractivity contribution in [1.82, 2.24) is 15.0 Å². The van der Waals surface area contributed by atoms with Gasteiger partial charge in [-0.3, -0.25) is 4.79 Å². The van der Waals surface area contributed by atoms with Gasteiger partial charge in [0.1, 0.15) is 27.3 Å². The van der Waals surface area contributed by atoms with Crippen molar-refractivity contribution in [3.05, 3.63) is 17.5 Å². The Hall–Kier alpha value is -1.97. The van der Waals surface area contributed by atoms with E-state index in [4.69, 9.17) is 14.5 Å². The number of hydrogen-bond acceptors (Lipinski definition) is 9. The molecule has 2 aliphatic rings. The SMILES string of the molecule is COC(=O)[C@@H](C)Sc1ncnc2c1sc1nc(N3CCOCC3)c3c(c12)CCCC3. The number of carbonyl (C=O) groups is 1. The van der Waals surface area contributed by atoms with Gasteiger partial charge in [0.15, 0.2) is 0 Å². The highest BCUT2D eigenvalue weighted by Gasteiger charge is 2.27. The number of anilines is 1. The normalized spacial score (nSPS) is 17.9. The molecule has 7 nitrogen and oxygen atoms in total. The second-order valence-electron chi connectivity index (χ2n) is 7.62. The van der Waals surface area contributed by atoms with Crippen LogP contribution in [0, 0.1) is 0 Å². The zero-order valence-electron chi connectivity index (χ0n) is 17.1. The van der Waals surface area contributed by atoms with Crippen molar-refractivity contribution < 1.29 is 14.3 Å². The van der Waals surface area contributed by atoms with Crippen LogP contribution in [0.1, 0.15) is 30.9 Å². The molecule has 158 valence electrons. The van der Waals surface area contributed by atoms with Gasteiger partial charge in [0.25, 0.3) is 0 Å². The molecular weight excluding hydrogens is 420 g/mol. The maximum absolute atomic E-state index is 11.9. The Kier molecular flexibility index (Phi) is 5.51. The predicted octanol–water partition coefficient (Wildman–Crippen LogP) is 3.61. The highest BCUT2D eigenvalue weighted by Crippen LogP contribution is 2.43. The van der Waals surface area contributed by atoms with E-state index in [-0.39, 0.29) is 11.2 Å². The number of thioether (sulfide) groups is 1. The van der Waals surface area contributed by atoms with Gasteiger partial charge >= 0.3 is 5.97 Å². The molecule has 1 atom stereocenters. The van der Waals surface area contributed by atoms with Gasteiger partial charge in [0.05, 0.1) is 30.5 Å². The number of rotatable bonds is 4. The molecule has 1 fully saturated rings. The molecule has 0 aromatic carbocycles. The number of thiophene rings is 1. The maximum Gasteiger partial charge on any atom is 0.318 e. The van der Waals surface area contributed by atoms with Gasteiger partial charge in [-0.2, -0.15) is 0 Å². The number of hydrogen-bond donors (Lipinski definition) is 0. The summed E-state index contributed by atoms with van der Waals surface area (Å²) in [7, 11) is 1.41. The summed E-state index contributed by atoms with van der Waals surface area (Å²) in [6.45, 7) is 5.10. The van der Waals surface area contributed by atoms with Crippen molar-refractivity contribution in [2.75, 3.05) is 38.3 Å². The van der Waals surface area contributed by atoms with Gasteiger partial charge in [-0.1, -0.05) is 11.8 Å². The largest absolute Gasteiger partial charge is 0.468 e. The van der Waals surface area contributed by atoms with E-state index < -0.39 is 0 Å². The van der Waals surface area contributed by atoms with E-state index in [1.807, 2.05) is 6.92 Å². The summed E-state index contributed by atoms with van der Waals surface area (Å²) in [5, 5.41) is 1.67. The van der Waals surface area contributed by atoms with Crippen LogP contribution in [0.3, 0.4) is 0 Å². The lowest BCUT2D eigenvalue weighted by Crippen LogP contribution is -2.37. The van der Waals surface area contributed by atoms with Crippen LogP contribution in [0.25, 0.3) is 20.4 Å². The van der Waals surface area contributed by atoms with Crippen LogP contribution in [-0.2, 0) is 27.1 Å². The highest BCUT2D eigenvalue weighted by molar-refractivity contribution is 8.00. The average molecular weight is 445 g/mol. The molecule has 0 radical (unpaired) electrons. The topological polar surface area (TPSA) is 77.4 Å². The van der Waals surface area contributed by atoms with E-state index in [9.17, 15) is 4.79 Å². The number of fused-ring (bicyclic) bond motifs is 5. The fraction of sp³-hybridized carbons (Fsp3) is 0.524. The van der Waals surface area contributed by atoms with E-state index in [0.29, 0.717) is 0 Å². The number of esters is 1. The molecule has 0 N–H and O–H groups in total. The fourth-order valence-corrected chi connectivity index (χ4v) is 6.47. The highest BCUT2D eigenvalue weighted by atomic mass is 32.2. The number of aryl methyl sites for hydroxylation is 1. The van der Waals surface area contributed by atoms with Gasteiger partial charge in [0.2, 0.25) is 0 Å². The number of methoxy groups -OCH3 is 1. The van der Waals surface area contributed by atoms with Gasteiger partial charge in [0, 0.05) is 18.5 Å². The smallest absolute Gasteiger partial charge is 0.318 e. The second-order valence-corrected chi connectivity index (χ2v) is 9.95. The fourth-order valence-electron chi connectivity index (χ4n) is 4.32. The molecule has 3 aromatic heterocycles. The van der Waals surface area contributed by atoms with Crippen molar-refractivity contribution in [1.29, 1.82) is 0 Å². The minimum absolute atomic E-state index is 0.252. The first-order chi connectivity index (χ1) is 14.7. The molecule has 0 spiro atoms. The summed E-state index contributed by atoms with van der Waals surface area (Å²) in [6, 6.07) is 0. The van der Waals surface area contributed by atoms with Crippen molar-refractivity contribution in [2.24, 2.45) is 0 Å². The average Bonchev–Trinajstić information content (AvgIpc) is 3.18. The van der Waals surface area contributed by atoms with Crippen molar-refractivity contribution >= 4 is 55.3 Å². The molecule has 9 heteroatoms. The first-order valence-electron chi connectivity index (χ1n) is 10.3. The van der Waals surface area contributed by atoms with Crippen LogP contribution in [0.4, 0.5) is 5.82 Å². The third-order valence-corrected chi connectivity index (χ3v) is 8.09. The molecule has 0 unspecified atom stereocenters. The molecular formula is C21H24N4O3S2. The predicted molar refractivity (Wildman–Crippen MR) is 120 cm³/mol. The van der Waals surface area contributed by atoms with E-state index in [0.717, 1.165) is 65.0 Å². The molecule has 5 rings (SSSR count). The summed E-state index contributed by atoms with van der Waals surface area (Å²) >= 11 is 3.05. The first kappa shape index (κ1) is 20.0. The molecule has 1 saturated heterocycles. The summed E-state index contributed by atoms with van der Waals surface area (Å²) in [5.41, 5.74) is 3.74. The molecule has 4 heterocycles. The van der Waals surface area contributed by atoms with Crippen LogP contribution in [0.15, 0.2) is 11.4 Å².